The fourth-order valence-corrected chi connectivity index (χ4v) is 2.14. The van der Waals surface area contributed by atoms with Crippen LogP contribution in [0.5, 0.6) is 0 Å². The zero-order chi connectivity index (χ0) is 11.5. The SMILES string of the molecule is CC(C)N(CC1CCCN1)c1nnnn1C. The van der Waals surface area contributed by atoms with Crippen molar-refractivity contribution in [3.63, 3.8) is 0 Å². The average molecular weight is 224 g/mol. The van der Waals surface area contributed by atoms with Crippen LogP contribution in [0.15, 0.2) is 0 Å². The minimum absolute atomic E-state index is 0.409. The summed E-state index contributed by atoms with van der Waals surface area (Å²) >= 11 is 0. The van der Waals surface area contributed by atoms with Crippen LogP contribution < -0.4 is 10.2 Å². The number of anilines is 1. The molecule has 0 saturated carbocycles. The van der Waals surface area contributed by atoms with Gasteiger partial charge in [-0.3, -0.25) is 0 Å². The molecular weight excluding hydrogens is 204 g/mol. The first kappa shape index (κ1) is 11.3. The number of nitrogens with one attached hydrogen (secondary N) is 1. The van der Waals surface area contributed by atoms with Crippen molar-refractivity contribution >= 4 is 5.95 Å². The molecule has 1 N–H and O–H groups in total. The van der Waals surface area contributed by atoms with Crippen molar-refractivity contribution in [3.8, 4) is 0 Å². The summed E-state index contributed by atoms with van der Waals surface area (Å²) in [6.07, 6.45) is 2.52. The van der Waals surface area contributed by atoms with Crippen LogP contribution in [0.25, 0.3) is 0 Å². The predicted molar refractivity (Wildman–Crippen MR) is 62.3 cm³/mol. The number of rotatable bonds is 4. The van der Waals surface area contributed by atoms with Gasteiger partial charge in [-0.05, 0) is 43.7 Å². The summed E-state index contributed by atoms with van der Waals surface area (Å²) in [5.41, 5.74) is 0. The van der Waals surface area contributed by atoms with Crippen LogP contribution in [0.3, 0.4) is 0 Å². The van der Waals surface area contributed by atoms with Crippen LogP contribution in [0, 0.1) is 0 Å². The lowest BCUT2D eigenvalue weighted by Gasteiger charge is -2.29. The Morgan fingerprint density at radius 3 is 2.88 bits per heavy atom. The Balaban J connectivity index is 2.08. The van der Waals surface area contributed by atoms with Crippen molar-refractivity contribution in [2.75, 3.05) is 18.0 Å². The van der Waals surface area contributed by atoms with E-state index in [0.717, 1.165) is 19.0 Å². The summed E-state index contributed by atoms with van der Waals surface area (Å²) in [5, 5.41) is 15.2. The van der Waals surface area contributed by atoms with Crippen molar-refractivity contribution < 1.29 is 0 Å². The maximum Gasteiger partial charge on any atom is 0.245 e. The van der Waals surface area contributed by atoms with E-state index in [1.807, 2.05) is 7.05 Å². The Labute approximate surface area is 96.0 Å². The summed E-state index contributed by atoms with van der Waals surface area (Å²) in [7, 11) is 1.88. The average Bonchev–Trinajstić information content (AvgIpc) is 2.85. The highest BCUT2D eigenvalue weighted by atomic mass is 15.6. The van der Waals surface area contributed by atoms with Gasteiger partial charge in [-0.15, -0.1) is 0 Å². The van der Waals surface area contributed by atoms with E-state index >= 15 is 0 Å². The first-order valence-corrected chi connectivity index (χ1v) is 5.91. The Kier molecular flexibility index (Phi) is 3.38. The van der Waals surface area contributed by atoms with Gasteiger partial charge in [-0.1, -0.05) is 5.10 Å². The van der Waals surface area contributed by atoms with Gasteiger partial charge in [0.05, 0.1) is 0 Å². The Hall–Kier alpha value is -1.17. The van der Waals surface area contributed by atoms with Gasteiger partial charge in [-0.25, -0.2) is 4.68 Å². The highest BCUT2D eigenvalue weighted by Gasteiger charge is 2.22. The molecule has 6 nitrogen and oxygen atoms in total. The largest absolute Gasteiger partial charge is 0.336 e. The lowest BCUT2D eigenvalue weighted by Crippen LogP contribution is -2.42. The van der Waals surface area contributed by atoms with Gasteiger partial charge >= 0.3 is 0 Å². The van der Waals surface area contributed by atoms with Gasteiger partial charge in [0.15, 0.2) is 0 Å². The van der Waals surface area contributed by atoms with E-state index in [0.29, 0.717) is 12.1 Å². The van der Waals surface area contributed by atoms with Gasteiger partial charge in [0.2, 0.25) is 5.95 Å². The minimum Gasteiger partial charge on any atom is -0.336 e. The van der Waals surface area contributed by atoms with E-state index in [-0.39, 0.29) is 0 Å². The fraction of sp³-hybridized carbons (Fsp3) is 0.900. The summed E-state index contributed by atoms with van der Waals surface area (Å²) in [6.45, 7) is 6.45. The number of hydrogen-bond acceptors (Lipinski definition) is 5. The first-order valence-electron chi connectivity index (χ1n) is 5.91. The molecule has 6 heteroatoms. The molecule has 1 aromatic rings. The Bertz CT molecular complexity index is 328. The van der Waals surface area contributed by atoms with E-state index in [1.165, 1.54) is 12.8 Å². The smallest absolute Gasteiger partial charge is 0.245 e. The fourth-order valence-electron chi connectivity index (χ4n) is 2.14. The van der Waals surface area contributed by atoms with Gasteiger partial charge < -0.3 is 10.2 Å². The van der Waals surface area contributed by atoms with E-state index in [2.05, 4.69) is 39.6 Å². The molecule has 1 atom stereocenters. The molecule has 1 unspecified atom stereocenters. The molecule has 0 aliphatic carbocycles. The number of nitrogens with zero attached hydrogens (tertiary/aromatic N) is 5. The van der Waals surface area contributed by atoms with Gasteiger partial charge in [-0.2, -0.15) is 0 Å². The second-order valence-electron chi connectivity index (χ2n) is 4.64. The molecule has 2 rings (SSSR count). The zero-order valence-corrected chi connectivity index (χ0v) is 10.2. The van der Waals surface area contributed by atoms with E-state index < -0.39 is 0 Å². The summed E-state index contributed by atoms with van der Waals surface area (Å²) in [6, 6.07) is 0.978. The zero-order valence-electron chi connectivity index (χ0n) is 10.2. The maximum absolute atomic E-state index is 4.08. The topological polar surface area (TPSA) is 58.9 Å². The van der Waals surface area contributed by atoms with E-state index in [1.54, 1.807) is 4.68 Å². The molecule has 1 fully saturated rings. The van der Waals surface area contributed by atoms with Crippen LogP contribution in [-0.4, -0.2) is 45.4 Å². The van der Waals surface area contributed by atoms with Crippen LogP contribution in [0.2, 0.25) is 0 Å². The monoisotopic (exact) mass is 224 g/mol. The molecule has 16 heavy (non-hydrogen) atoms. The third-order valence-electron chi connectivity index (χ3n) is 3.06. The maximum atomic E-state index is 4.08. The second-order valence-corrected chi connectivity index (χ2v) is 4.64. The predicted octanol–water partition coefficient (Wildman–Crippen LogP) is 0.177. The summed E-state index contributed by atoms with van der Waals surface area (Å²) in [4.78, 5) is 2.25. The molecule has 1 saturated heterocycles. The Morgan fingerprint density at radius 2 is 2.38 bits per heavy atom. The molecule has 0 radical (unpaired) electrons. The van der Waals surface area contributed by atoms with Crippen molar-refractivity contribution in [1.29, 1.82) is 0 Å². The third-order valence-corrected chi connectivity index (χ3v) is 3.06. The number of aromatic nitrogens is 4. The van der Waals surface area contributed by atoms with Crippen LogP contribution in [0.4, 0.5) is 5.95 Å². The quantitative estimate of drug-likeness (QED) is 0.790. The third kappa shape index (κ3) is 2.32. The molecule has 1 aliphatic heterocycles. The minimum atomic E-state index is 0.409. The van der Waals surface area contributed by atoms with Gasteiger partial charge in [0.25, 0.3) is 0 Å². The van der Waals surface area contributed by atoms with Gasteiger partial charge in [0, 0.05) is 25.7 Å². The van der Waals surface area contributed by atoms with Crippen molar-refractivity contribution in [1.82, 2.24) is 25.5 Å². The van der Waals surface area contributed by atoms with Crippen molar-refractivity contribution in [2.24, 2.45) is 7.05 Å². The van der Waals surface area contributed by atoms with Gasteiger partial charge in [0.1, 0.15) is 0 Å². The first-order chi connectivity index (χ1) is 7.68. The van der Waals surface area contributed by atoms with Crippen LogP contribution >= 0.6 is 0 Å². The summed E-state index contributed by atoms with van der Waals surface area (Å²) < 4.78 is 1.73. The van der Waals surface area contributed by atoms with Crippen LogP contribution in [0.1, 0.15) is 26.7 Å². The highest BCUT2D eigenvalue weighted by molar-refractivity contribution is 5.29. The van der Waals surface area contributed by atoms with E-state index in [4.69, 9.17) is 0 Å². The number of aryl methyl sites for hydroxylation is 1. The molecule has 0 aromatic carbocycles. The van der Waals surface area contributed by atoms with Crippen LogP contribution in [-0.2, 0) is 7.05 Å². The highest BCUT2D eigenvalue weighted by Crippen LogP contribution is 2.15. The number of hydrogen-bond donors (Lipinski definition) is 1. The second kappa shape index (κ2) is 4.78. The molecule has 2 heterocycles. The molecule has 0 spiro atoms. The molecule has 0 bridgehead atoms. The van der Waals surface area contributed by atoms with E-state index in [9.17, 15) is 0 Å². The normalized spacial score (nSPS) is 20.6. The number of tetrazole rings is 1. The lowest BCUT2D eigenvalue weighted by atomic mass is 10.2. The summed E-state index contributed by atoms with van der Waals surface area (Å²) in [5.74, 6) is 0.851. The molecule has 0 amide bonds. The molecule has 1 aromatic heterocycles. The van der Waals surface area contributed by atoms with Crippen molar-refractivity contribution in [3.05, 3.63) is 0 Å². The molecule has 90 valence electrons. The van der Waals surface area contributed by atoms with Crippen molar-refractivity contribution in [2.45, 2.75) is 38.8 Å². The molecular formula is C10H20N6. The Morgan fingerprint density at radius 1 is 1.56 bits per heavy atom. The lowest BCUT2D eigenvalue weighted by molar-refractivity contribution is 0.535. The standard InChI is InChI=1S/C10H20N6/c1-8(2)16(7-9-5-4-6-11-9)10-12-13-14-15(10)3/h8-9,11H,4-7H2,1-3H3. The molecule has 1 aliphatic rings.